The molecule has 0 aliphatic heterocycles. The molecule has 76 heavy (non-hydrogen) atoms. The van der Waals surface area contributed by atoms with Crippen molar-refractivity contribution in [1.82, 2.24) is 29.7 Å². The molecule has 0 radical (unpaired) electrons. The number of ether oxygens (including phenoxy) is 4. The number of fused-ring (bicyclic) bond motifs is 4. The zero-order valence-corrected chi connectivity index (χ0v) is 48.6. The molecule has 4 aromatic heterocycles. The molecule has 0 spiro atoms. The van der Waals surface area contributed by atoms with Gasteiger partial charge in [-0.05, 0) is 99.3 Å². The molecular weight excluding hydrogens is 941 g/mol. The zero-order valence-electron chi connectivity index (χ0n) is 48.6. The summed E-state index contributed by atoms with van der Waals surface area (Å²) in [6, 6.07) is 25.5. The normalized spacial score (nSPS) is 36.4. The molecule has 0 N–H and O–H groups in total. The van der Waals surface area contributed by atoms with E-state index in [9.17, 15) is 0 Å². The highest BCUT2D eigenvalue weighted by atomic mass is 16.5. The minimum Gasteiger partial charge on any atom is -0.470 e. The molecule has 4 heterocycles. The van der Waals surface area contributed by atoms with Gasteiger partial charge in [0.15, 0.2) is 0 Å². The number of nitrogens with zero attached hydrogens (tertiary/aromatic N) is 6. The van der Waals surface area contributed by atoms with Gasteiger partial charge in [-0.2, -0.15) is 0 Å². The van der Waals surface area contributed by atoms with Gasteiger partial charge in [-0.3, -0.25) is 9.80 Å². The Morgan fingerprint density at radius 3 is 0.803 bits per heavy atom. The van der Waals surface area contributed by atoms with Gasteiger partial charge in [0.25, 0.3) is 0 Å². The highest BCUT2D eigenvalue weighted by Gasteiger charge is 2.77. The van der Waals surface area contributed by atoms with Crippen molar-refractivity contribution in [1.29, 1.82) is 0 Å². The van der Waals surface area contributed by atoms with Gasteiger partial charge in [0.2, 0.25) is 23.5 Å². The van der Waals surface area contributed by atoms with Crippen LogP contribution in [0.3, 0.4) is 0 Å². The summed E-state index contributed by atoms with van der Waals surface area (Å²) in [6.07, 6.45) is 14.4. The highest BCUT2D eigenvalue weighted by molar-refractivity contribution is 5.32. The summed E-state index contributed by atoms with van der Waals surface area (Å²) in [4.78, 5) is 26.2. The third-order valence-corrected chi connectivity index (χ3v) is 22.7. The smallest absolute Gasteiger partial charge is 0.214 e. The minimum absolute atomic E-state index is 0.144. The molecule has 12 unspecified atom stereocenters. The summed E-state index contributed by atoms with van der Waals surface area (Å²) in [5, 5.41) is 0. The van der Waals surface area contributed by atoms with E-state index in [1.54, 1.807) is 0 Å². The Morgan fingerprint density at radius 1 is 0.355 bits per heavy atom. The maximum Gasteiger partial charge on any atom is 0.214 e. The SMILES string of the molecule is CC1CCC2C(C)(C)C2(Oc2cccc(CN(CCN(Cc3cccc(OC45CC(C)CCC4C5(C)C)n3)Cc3cccc(OC45CC(C)CCC4C5(C)C)n3)Cc3cccc(OC45CC(C)CCC4C5(C)C)n3)n2)C1. The Morgan fingerprint density at radius 2 is 0.579 bits per heavy atom. The Bertz CT molecular complexity index is 2420. The third-order valence-electron chi connectivity index (χ3n) is 22.7. The summed E-state index contributed by atoms with van der Waals surface area (Å²) >= 11 is 0. The van der Waals surface area contributed by atoms with Crippen molar-refractivity contribution >= 4 is 0 Å². The van der Waals surface area contributed by atoms with Crippen LogP contribution in [-0.4, -0.2) is 65.2 Å². The number of aromatic nitrogens is 4. The van der Waals surface area contributed by atoms with E-state index >= 15 is 0 Å². The Kier molecular flexibility index (Phi) is 12.9. The number of hydrogen-bond acceptors (Lipinski definition) is 10. The van der Waals surface area contributed by atoms with Crippen LogP contribution >= 0.6 is 0 Å². The topological polar surface area (TPSA) is 95.0 Å². The maximum absolute atomic E-state index is 7.06. The van der Waals surface area contributed by atoms with E-state index in [1.165, 1.54) is 51.4 Å². The summed E-state index contributed by atoms with van der Waals surface area (Å²) in [5.74, 6) is 7.86. The van der Waals surface area contributed by atoms with Crippen molar-refractivity contribution in [2.45, 2.75) is 209 Å². The van der Waals surface area contributed by atoms with Gasteiger partial charge >= 0.3 is 0 Å². The summed E-state index contributed by atoms with van der Waals surface area (Å²) in [6.45, 7) is 32.8. The van der Waals surface area contributed by atoms with E-state index in [4.69, 9.17) is 38.9 Å². The molecule has 0 aromatic carbocycles. The quantitative estimate of drug-likeness (QED) is 0.0903. The predicted octanol–water partition coefficient (Wildman–Crippen LogP) is 14.3. The molecule has 0 bridgehead atoms. The predicted molar refractivity (Wildman–Crippen MR) is 300 cm³/mol. The molecule has 0 saturated heterocycles. The van der Waals surface area contributed by atoms with Gasteiger partial charge in [0.05, 0.1) is 22.8 Å². The molecule has 8 aliphatic rings. The summed E-state index contributed by atoms with van der Waals surface area (Å²) < 4.78 is 28.3. The lowest BCUT2D eigenvalue weighted by Gasteiger charge is -2.30. The fourth-order valence-electron chi connectivity index (χ4n) is 17.7. The lowest BCUT2D eigenvalue weighted by molar-refractivity contribution is 0.0782. The van der Waals surface area contributed by atoms with E-state index in [0.29, 0.717) is 73.5 Å². The van der Waals surface area contributed by atoms with Crippen LogP contribution in [0.5, 0.6) is 23.5 Å². The van der Waals surface area contributed by atoms with Crippen molar-refractivity contribution in [2.24, 2.45) is 69.0 Å². The molecule has 4 aromatic rings. The lowest BCUT2D eigenvalue weighted by atomic mass is 9.88. The zero-order chi connectivity index (χ0) is 53.3. The summed E-state index contributed by atoms with van der Waals surface area (Å²) in [7, 11) is 0. The first-order valence-corrected chi connectivity index (χ1v) is 30.1. The Hall–Kier alpha value is -4.28. The summed E-state index contributed by atoms with van der Waals surface area (Å²) in [5.41, 5.74) is 3.99. The van der Waals surface area contributed by atoms with Crippen molar-refractivity contribution < 1.29 is 18.9 Å². The van der Waals surface area contributed by atoms with Crippen LogP contribution < -0.4 is 18.9 Å². The number of hydrogen-bond donors (Lipinski definition) is 0. The first-order valence-electron chi connectivity index (χ1n) is 30.1. The molecule has 8 saturated carbocycles. The first kappa shape index (κ1) is 52.4. The van der Waals surface area contributed by atoms with E-state index in [1.807, 2.05) is 0 Å². The fraction of sp³-hybridized carbons (Fsp3) is 0.697. The average molecular weight is 1030 g/mol. The van der Waals surface area contributed by atoms with Gasteiger partial charge in [-0.15, -0.1) is 0 Å². The van der Waals surface area contributed by atoms with Gasteiger partial charge in [-0.1, -0.05) is 133 Å². The highest BCUT2D eigenvalue weighted by Crippen LogP contribution is 2.73. The van der Waals surface area contributed by atoms with E-state index < -0.39 is 0 Å². The first-order chi connectivity index (χ1) is 36.1. The lowest BCUT2D eigenvalue weighted by Crippen LogP contribution is -2.35. The third kappa shape index (κ3) is 8.86. The number of rotatable bonds is 19. The molecular formula is C66H92N6O4. The van der Waals surface area contributed by atoms with Crippen LogP contribution in [0.4, 0.5) is 0 Å². The van der Waals surface area contributed by atoms with Gasteiger partial charge in [0.1, 0.15) is 22.4 Å². The van der Waals surface area contributed by atoms with Crippen LogP contribution in [-0.2, 0) is 26.2 Å². The Balaban J connectivity index is 0.828. The van der Waals surface area contributed by atoms with Crippen molar-refractivity contribution in [2.75, 3.05) is 13.1 Å². The molecule has 0 amide bonds. The number of pyridine rings is 4. The van der Waals surface area contributed by atoms with Gasteiger partial charge in [0, 0.05) is 109 Å². The van der Waals surface area contributed by atoms with E-state index in [2.05, 4.69) is 166 Å². The fourth-order valence-corrected chi connectivity index (χ4v) is 17.7. The molecule has 10 nitrogen and oxygen atoms in total. The van der Waals surface area contributed by atoms with Gasteiger partial charge < -0.3 is 18.9 Å². The van der Waals surface area contributed by atoms with Crippen LogP contribution in [0.25, 0.3) is 0 Å². The molecule has 8 aliphatic carbocycles. The molecule has 12 atom stereocenters. The largest absolute Gasteiger partial charge is 0.470 e. The molecule has 12 rings (SSSR count). The second-order valence-electron chi connectivity index (χ2n) is 28.9. The van der Waals surface area contributed by atoms with Crippen LogP contribution in [0.1, 0.15) is 183 Å². The van der Waals surface area contributed by atoms with E-state index in [-0.39, 0.29) is 44.1 Å². The molecule has 8 fully saturated rings. The standard InChI is InChI=1S/C66H92N6O4/c1-43-25-29-51-59(5,6)63(51,35-43)73-55-21-13-17-47(67-55)39-71(40-48-18-14-22-56(68-48)74-64-36-44(2)26-30-52(64)60(64,7)8)33-34-72(41-49-19-15-23-57(69-49)75-65-37-45(3)27-31-53(65)61(65,9)10)42-50-20-16-24-58(70-50)76-66-38-46(4)28-32-54(66)62(66,11)12/h13-24,43-46,51-54H,25-42H2,1-12H3. The second-order valence-corrected chi connectivity index (χ2v) is 28.9. The molecule has 410 valence electrons. The van der Waals surface area contributed by atoms with Crippen LogP contribution in [0, 0.1) is 69.0 Å². The van der Waals surface area contributed by atoms with E-state index in [0.717, 1.165) is 85.1 Å². The Labute approximate surface area is 456 Å². The monoisotopic (exact) mass is 1030 g/mol. The van der Waals surface area contributed by atoms with Crippen LogP contribution in [0.2, 0.25) is 0 Å². The van der Waals surface area contributed by atoms with Crippen molar-refractivity contribution in [3.8, 4) is 23.5 Å². The van der Waals surface area contributed by atoms with Crippen LogP contribution in [0.15, 0.2) is 72.8 Å². The van der Waals surface area contributed by atoms with Gasteiger partial charge in [-0.25, -0.2) is 19.9 Å². The molecule has 10 heteroatoms. The van der Waals surface area contributed by atoms with Crippen molar-refractivity contribution in [3.63, 3.8) is 0 Å². The average Bonchev–Trinajstić information content (AvgIpc) is 4.40. The second kappa shape index (κ2) is 18.7. The minimum atomic E-state index is -0.144. The maximum atomic E-state index is 7.06. The van der Waals surface area contributed by atoms with Crippen molar-refractivity contribution in [3.05, 3.63) is 95.6 Å².